The van der Waals surface area contributed by atoms with E-state index in [1.807, 2.05) is 6.92 Å². The number of ether oxygens (including phenoxy) is 1. The Kier molecular flexibility index (Phi) is 5.94. The number of carbonyl (C=O) groups is 1. The van der Waals surface area contributed by atoms with Crippen molar-refractivity contribution in [2.24, 2.45) is 0 Å². The zero-order chi connectivity index (χ0) is 17.5. The molecular weight excluding hydrogens is 311 g/mol. The highest BCUT2D eigenvalue weighted by atomic mass is 19.1. The Morgan fingerprint density at radius 2 is 1.88 bits per heavy atom. The Hall–Kier alpha value is -2.84. The third kappa shape index (κ3) is 4.58. The van der Waals surface area contributed by atoms with Gasteiger partial charge in [0.05, 0.1) is 17.7 Å². The van der Waals surface area contributed by atoms with Crippen molar-refractivity contribution < 1.29 is 24.1 Å². The van der Waals surface area contributed by atoms with Crippen LogP contribution < -0.4 is 0 Å². The van der Waals surface area contributed by atoms with Gasteiger partial charge in [-0.05, 0) is 48.4 Å². The highest BCUT2D eigenvalue weighted by Gasteiger charge is 2.07. The molecule has 0 radical (unpaired) electrons. The topological polar surface area (TPSA) is 66.8 Å². The standard InChI is InChI=1S/C19H17FO4/c1-2-9-24-12-16-10-17(21)8-7-13(16)3-4-14-5-6-15(19(22)23)11-18(14)20/h5-8,10-11,21H,2,9,12H2,1H3,(H,22,23). The molecule has 0 unspecified atom stereocenters. The van der Waals surface area contributed by atoms with Crippen LogP contribution in [0.1, 0.15) is 40.4 Å². The van der Waals surface area contributed by atoms with Crippen LogP contribution in [0.2, 0.25) is 0 Å². The Morgan fingerprint density at radius 1 is 1.17 bits per heavy atom. The molecule has 0 saturated carbocycles. The number of carboxylic acid groups (broad SMARTS) is 1. The van der Waals surface area contributed by atoms with Gasteiger partial charge in [0.15, 0.2) is 0 Å². The summed E-state index contributed by atoms with van der Waals surface area (Å²) in [6.45, 7) is 2.88. The van der Waals surface area contributed by atoms with Gasteiger partial charge in [-0.25, -0.2) is 9.18 Å². The van der Waals surface area contributed by atoms with Crippen molar-refractivity contribution in [1.29, 1.82) is 0 Å². The summed E-state index contributed by atoms with van der Waals surface area (Å²) in [6.07, 6.45) is 0.876. The predicted octanol–water partition coefficient (Wildman–Crippen LogP) is 3.56. The Morgan fingerprint density at radius 3 is 2.54 bits per heavy atom. The number of phenols is 1. The molecular formula is C19H17FO4. The largest absolute Gasteiger partial charge is 0.508 e. The predicted molar refractivity (Wildman–Crippen MR) is 87.4 cm³/mol. The molecule has 5 heteroatoms. The summed E-state index contributed by atoms with van der Waals surface area (Å²) in [5.41, 5.74) is 1.30. The minimum Gasteiger partial charge on any atom is -0.508 e. The molecule has 0 heterocycles. The molecule has 2 aromatic rings. The number of benzene rings is 2. The first kappa shape index (κ1) is 17.5. The van der Waals surface area contributed by atoms with Crippen molar-refractivity contribution in [3.63, 3.8) is 0 Å². The van der Waals surface area contributed by atoms with Crippen LogP contribution in [0.5, 0.6) is 5.75 Å². The second kappa shape index (κ2) is 8.14. The van der Waals surface area contributed by atoms with Gasteiger partial charge in [0, 0.05) is 12.2 Å². The van der Waals surface area contributed by atoms with E-state index in [2.05, 4.69) is 11.8 Å². The number of aromatic carboxylic acids is 1. The van der Waals surface area contributed by atoms with Crippen molar-refractivity contribution in [1.82, 2.24) is 0 Å². The number of rotatable bonds is 5. The molecule has 0 atom stereocenters. The van der Waals surface area contributed by atoms with Gasteiger partial charge in [-0.15, -0.1) is 0 Å². The Labute approximate surface area is 139 Å². The lowest BCUT2D eigenvalue weighted by Crippen LogP contribution is -1.98. The molecule has 0 saturated heterocycles. The van der Waals surface area contributed by atoms with Crippen molar-refractivity contribution in [2.45, 2.75) is 20.0 Å². The van der Waals surface area contributed by atoms with Crippen molar-refractivity contribution >= 4 is 5.97 Å². The first-order valence-electron chi connectivity index (χ1n) is 7.45. The molecule has 4 nitrogen and oxygen atoms in total. The maximum atomic E-state index is 13.9. The molecule has 0 aliphatic heterocycles. The lowest BCUT2D eigenvalue weighted by molar-refractivity contribution is 0.0696. The molecule has 2 N–H and O–H groups in total. The second-order valence-electron chi connectivity index (χ2n) is 5.14. The lowest BCUT2D eigenvalue weighted by atomic mass is 10.1. The highest BCUT2D eigenvalue weighted by molar-refractivity contribution is 5.87. The smallest absolute Gasteiger partial charge is 0.335 e. The van der Waals surface area contributed by atoms with E-state index in [9.17, 15) is 14.3 Å². The third-order valence-corrected chi connectivity index (χ3v) is 3.24. The summed E-state index contributed by atoms with van der Waals surface area (Å²) in [6, 6.07) is 8.27. The molecule has 0 spiro atoms. The average molecular weight is 328 g/mol. The quantitative estimate of drug-likeness (QED) is 0.650. The van der Waals surface area contributed by atoms with Crippen LogP contribution in [0, 0.1) is 17.7 Å². The molecule has 24 heavy (non-hydrogen) atoms. The van der Waals surface area contributed by atoms with E-state index >= 15 is 0 Å². The van der Waals surface area contributed by atoms with Gasteiger partial charge < -0.3 is 14.9 Å². The number of aromatic hydroxyl groups is 1. The second-order valence-corrected chi connectivity index (χ2v) is 5.14. The van der Waals surface area contributed by atoms with Crippen LogP contribution in [-0.4, -0.2) is 22.8 Å². The number of phenolic OH excluding ortho intramolecular Hbond substituents is 1. The zero-order valence-corrected chi connectivity index (χ0v) is 13.2. The minimum atomic E-state index is -1.19. The van der Waals surface area contributed by atoms with Gasteiger partial charge in [0.2, 0.25) is 0 Å². The fraction of sp³-hybridized carbons (Fsp3) is 0.211. The van der Waals surface area contributed by atoms with E-state index in [1.165, 1.54) is 18.2 Å². The summed E-state index contributed by atoms with van der Waals surface area (Å²) in [4.78, 5) is 10.8. The van der Waals surface area contributed by atoms with Crippen LogP contribution in [0.3, 0.4) is 0 Å². The molecule has 0 fully saturated rings. The van der Waals surface area contributed by atoms with E-state index in [0.717, 1.165) is 12.5 Å². The van der Waals surface area contributed by atoms with Gasteiger partial charge in [-0.2, -0.15) is 0 Å². The van der Waals surface area contributed by atoms with Crippen molar-refractivity contribution in [3.8, 4) is 17.6 Å². The maximum Gasteiger partial charge on any atom is 0.335 e. The summed E-state index contributed by atoms with van der Waals surface area (Å²) in [7, 11) is 0. The number of hydrogen-bond donors (Lipinski definition) is 2. The molecule has 0 aromatic heterocycles. The molecule has 2 rings (SSSR count). The van der Waals surface area contributed by atoms with Crippen molar-refractivity contribution in [2.75, 3.05) is 6.61 Å². The van der Waals surface area contributed by atoms with Crippen LogP contribution in [-0.2, 0) is 11.3 Å². The van der Waals surface area contributed by atoms with Crippen LogP contribution >= 0.6 is 0 Å². The van der Waals surface area contributed by atoms with Gasteiger partial charge in [0.1, 0.15) is 11.6 Å². The molecule has 2 aromatic carbocycles. The molecule has 0 bridgehead atoms. The van der Waals surface area contributed by atoms with E-state index < -0.39 is 11.8 Å². The van der Waals surface area contributed by atoms with Gasteiger partial charge in [0.25, 0.3) is 0 Å². The molecule has 0 aliphatic carbocycles. The molecule has 0 amide bonds. The summed E-state index contributed by atoms with van der Waals surface area (Å²) in [5.74, 6) is 3.76. The highest BCUT2D eigenvalue weighted by Crippen LogP contribution is 2.17. The van der Waals surface area contributed by atoms with E-state index in [4.69, 9.17) is 9.84 Å². The maximum absolute atomic E-state index is 13.9. The zero-order valence-electron chi connectivity index (χ0n) is 13.2. The first-order chi connectivity index (χ1) is 11.5. The van der Waals surface area contributed by atoms with Crippen LogP contribution in [0.25, 0.3) is 0 Å². The van der Waals surface area contributed by atoms with Crippen LogP contribution in [0.4, 0.5) is 4.39 Å². The first-order valence-corrected chi connectivity index (χ1v) is 7.45. The SMILES string of the molecule is CCCOCc1cc(O)ccc1C#Cc1ccc(C(=O)O)cc1F. The summed E-state index contributed by atoms with van der Waals surface area (Å²) < 4.78 is 19.4. The summed E-state index contributed by atoms with van der Waals surface area (Å²) in [5, 5.41) is 18.4. The Bertz CT molecular complexity index is 803. The van der Waals surface area contributed by atoms with E-state index in [-0.39, 0.29) is 16.9 Å². The van der Waals surface area contributed by atoms with Crippen molar-refractivity contribution in [3.05, 3.63) is 64.5 Å². The van der Waals surface area contributed by atoms with Crippen LogP contribution in [0.15, 0.2) is 36.4 Å². The lowest BCUT2D eigenvalue weighted by Gasteiger charge is -2.06. The van der Waals surface area contributed by atoms with Gasteiger partial charge in [-0.1, -0.05) is 18.8 Å². The fourth-order valence-electron chi connectivity index (χ4n) is 2.03. The Balaban J connectivity index is 2.28. The number of carboxylic acids is 1. The van der Waals surface area contributed by atoms with Gasteiger partial charge in [-0.3, -0.25) is 0 Å². The molecule has 124 valence electrons. The molecule has 0 aliphatic rings. The average Bonchev–Trinajstić information content (AvgIpc) is 2.55. The van der Waals surface area contributed by atoms with E-state index in [1.54, 1.807) is 12.1 Å². The summed E-state index contributed by atoms with van der Waals surface area (Å²) >= 11 is 0. The normalized spacial score (nSPS) is 10.1. The minimum absolute atomic E-state index is 0.104. The number of halogens is 1. The van der Waals surface area contributed by atoms with E-state index in [0.29, 0.717) is 24.3 Å². The van der Waals surface area contributed by atoms with Gasteiger partial charge >= 0.3 is 5.97 Å². The number of hydrogen-bond acceptors (Lipinski definition) is 3. The monoisotopic (exact) mass is 328 g/mol. The fourth-order valence-corrected chi connectivity index (χ4v) is 2.03. The third-order valence-electron chi connectivity index (χ3n) is 3.24.